The molecule has 100 valence electrons. The van der Waals surface area contributed by atoms with Gasteiger partial charge in [-0.25, -0.2) is 0 Å². The Morgan fingerprint density at radius 1 is 1.50 bits per heavy atom. The van der Waals surface area contributed by atoms with Crippen LogP contribution in [-0.4, -0.2) is 24.4 Å². The highest BCUT2D eigenvalue weighted by Crippen LogP contribution is 2.15. The quantitative estimate of drug-likeness (QED) is 0.812. The van der Waals surface area contributed by atoms with Gasteiger partial charge >= 0.3 is 6.61 Å². The Balaban J connectivity index is 2.62. The third-order valence-electron chi connectivity index (χ3n) is 2.25. The van der Waals surface area contributed by atoms with Gasteiger partial charge in [0.25, 0.3) is 5.91 Å². The first-order valence-corrected chi connectivity index (χ1v) is 5.93. The molecule has 1 N–H and O–H groups in total. The number of ether oxygens (including phenoxy) is 1. The molecule has 1 rings (SSSR count). The van der Waals surface area contributed by atoms with E-state index in [0.717, 1.165) is 6.42 Å². The molecule has 0 saturated heterocycles. The Kier molecular flexibility index (Phi) is 5.85. The van der Waals surface area contributed by atoms with Crippen molar-refractivity contribution in [3.63, 3.8) is 0 Å². The van der Waals surface area contributed by atoms with Crippen LogP contribution < -0.4 is 10.1 Å². The summed E-state index contributed by atoms with van der Waals surface area (Å²) in [5.74, 6) is -0.413. The van der Waals surface area contributed by atoms with Gasteiger partial charge < -0.3 is 10.1 Å². The second-order valence-electron chi connectivity index (χ2n) is 3.62. The van der Waals surface area contributed by atoms with Crippen LogP contribution >= 0.6 is 11.6 Å². The minimum atomic E-state index is -2.91. The predicted molar refractivity (Wildman–Crippen MR) is 65.3 cm³/mol. The summed E-state index contributed by atoms with van der Waals surface area (Å²) >= 11 is 5.86. The van der Waals surface area contributed by atoms with E-state index in [1.165, 1.54) is 24.3 Å². The summed E-state index contributed by atoms with van der Waals surface area (Å²) in [5.41, 5.74) is 0.258. The third-order valence-corrected chi connectivity index (χ3v) is 2.71. The first kappa shape index (κ1) is 14.7. The molecule has 0 fully saturated rings. The lowest BCUT2D eigenvalue weighted by Crippen LogP contribution is -2.29. The average molecular weight is 278 g/mol. The summed E-state index contributed by atoms with van der Waals surface area (Å²) in [6.45, 7) is -0.673. The molecular formula is C12H14ClF2NO2. The summed E-state index contributed by atoms with van der Waals surface area (Å²) in [7, 11) is 0. The molecular weight excluding hydrogens is 264 g/mol. The second kappa shape index (κ2) is 7.16. The summed E-state index contributed by atoms with van der Waals surface area (Å²) in [5, 5.41) is 2.47. The van der Waals surface area contributed by atoms with E-state index >= 15 is 0 Å². The average Bonchev–Trinajstić information content (AvgIpc) is 2.35. The number of hydrogen-bond donors (Lipinski definition) is 1. The van der Waals surface area contributed by atoms with Crippen LogP contribution in [0.5, 0.6) is 5.75 Å². The Hall–Kier alpha value is -1.36. The predicted octanol–water partition coefficient (Wildman–Crippen LogP) is 3.04. The summed E-state index contributed by atoms with van der Waals surface area (Å²) < 4.78 is 28.2. The van der Waals surface area contributed by atoms with Crippen molar-refractivity contribution in [1.82, 2.24) is 5.32 Å². The van der Waals surface area contributed by atoms with Gasteiger partial charge in [-0.15, -0.1) is 11.6 Å². The number of carbonyl (C=O) groups is 1. The lowest BCUT2D eigenvalue weighted by Gasteiger charge is -2.10. The lowest BCUT2D eigenvalue weighted by atomic mass is 10.2. The van der Waals surface area contributed by atoms with Crippen molar-refractivity contribution in [2.45, 2.75) is 25.3 Å². The molecule has 0 aromatic heterocycles. The number of carbonyl (C=O) groups excluding carboxylic acids is 1. The maximum absolute atomic E-state index is 12.0. The smallest absolute Gasteiger partial charge is 0.387 e. The van der Waals surface area contributed by atoms with E-state index in [0.29, 0.717) is 6.54 Å². The first-order valence-electron chi connectivity index (χ1n) is 5.50. The zero-order valence-corrected chi connectivity index (χ0v) is 10.6. The zero-order valence-electron chi connectivity index (χ0n) is 9.83. The molecule has 1 aromatic carbocycles. The number of halogens is 3. The topological polar surface area (TPSA) is 38.3 Å². The molecule has 0 radical (unpaired) electrons. The van der Waals surface area contributed by atoms with Gasteiger partial charge in [-0.2, -0.15) is 8.78 Å². The van der Waals surface area contributed by atoms with Crippen LogP contribution in [0, 0.1) is 0 Å². The third kappa shape index (κ3) is 4.87. The van der Waals surface area contributed by atoms with Gasteiger partial charge in [0.1, 0.15) is 5.75 Å². The van der Waals surface area contributed by atoms with Crippen molar-refractivity contribution in [3.05, 3.63) is 29.8 Å². The zero-order chi connectivity index (χ0) is 13.5. The van der Waals surface area contributed by atoms with E-state index in [4.69, 9.17) is 11.6 Å². The number of nitrogens with one attached hydrogen (secondary N) is 1. The van der Waals surface area contributed by atoms with Crippen LogP contribution in [0.4, 0.5) is 8.78 Å². The monoisotopic (exact) mass is 277 g/mol. The van der Waals surface area contributed by atoms with Crippen LogP contribution in [-0.2, 0) is 0 Å². The molecule has 0 aliphatic carbocycles. The molecule has 0 bridgehead atoms. The number of rotatable bonds is 6. The van der Waals surface area contributed by atoms with Gasteiger partial charge in [-0.1, -0.05) is 13.0 Å². The van der Waals surface area contributed by atoms with Crippen LogP contribution in [0.2, 0.25) is 0 Å². The van der Waals surface area contributed by atoms with E-state index in [9.17, 15) is 13.6 Å². The molecule has 6 heteroatoms. The highest BCUT2D eigenvalue weighted by Gasteiger charge is 2.10. The second-order valence-corrected chi connectivity index (χ2v) is 4.24. The lowest BCUT2D eigenvalue weighted by molar-refractivity contribution is -0.0498. The van der Waals surface area contributed by atoms with Gasteiger partial charge in [0.2, 0.25) is 0 Å². The normalized spacial score (nSPS) is 12.3. The fourth-order valence-electron chi connectivity index (χ4n) is 1.26. The number of amides is 1. The van der Waals surface area contributed by atoms with Gasteiger partial charge in [0, 0.05) is 12.1 Å². The molecule has 1 aromatic rings. The Labute approximate surface area is 109 Å². The van der Waals surface area contributed by atoms with Crippen molar-refractivity contribution < 1.29 is 18.3 Å². The maximum atomic E-state index is 12.0. The van der Waals surface area contributed by atoms with E-state index < -0.39 is 6.61 Å². The van der Waals surface area contributed by atoms with E-state index in [1.54, 1.807) is 0 Å². The van der Waals surface area contributed by atoms with E-state index in [-0.39, 0.29) is 22.6 Å². The fraction of sp³-hybridized carbons (Fsp3) is 0.417. The molecule has 0 saturated carbocycles. The highest BCUT2D eigenvalue weighted by atomic mass is 35.5. The SMILES string of the molecule is CCC(Cl)CNC(=O)c1cccc(OC(F)F)c1. The molecule has 0 aliphatic rings. The molecule has 0 aliphatic heterocycles. The standard InChI is InChI=1S/C12H14ClF2NO2/c1-2-9(13)7-16-11(17)8-4-3-5-10(6-8)18-12(14)15/h3-6,9,12H,2,7H2,1H3,(H,16,17). The molecule has 0 heterocycles. The molecule has 3 nitrogen and oxygen atoms in total. The Bertz CT molecular complexity index is 401. The number of benzene rings is 1. The fourth-order valence-corrected chi connectivity index (χ4v) is 1.34. The van der Waals surface area contributed by atoms with Crippen molar-refractivity contribution in [1.29, 1.82) is 0 Å². The van der Waals surface area contributed by atoms with Crippen molar-refractivity contribution in [2.75, 3.05) is 6.54 Å². The Morgan fingerprint density at radius 3 is 2.83 bits per heavy atom. The van der Waals surface area contributed by atoms with Crippen LogP contribution in [0.25, 0.3) is 0 Å². The van der Waals surface area contributed by atoms with Crippen LogP contribution in [0.15, 0.2) is 24.3 Å². The molecule has 1 unspecified atom stereocenters. The van der Waals surface area contributed by atoms with Crippen LogP contribution in [0.1, 0.15) is 23.7 Å². The van der Waals surface area contributed by atoms with Gasteiger partial charge in [0.15, 0.2) is 0 Å². The van der Waals surface area contributed by atoms with E-state index in [2.05, 4.69) is 10.1 Å². The van der Waals surface area contributed by atoms with Gasteiger partial charge in [-0.05, 0) is 24.6 Å². The molecule has 0 spiro atoms. The van der Waals surface area contributed by atoms with E-state index in [1.807, 2.05) is 6.92 Å². The highest BCUT2D eigenvalue weighted by molar-refractivity contribution is 6.20. The molecule has 18 heavy (non-hydrogen) atoms. The largest absolute Gasteiger partial charge is 0.435 e. The minimum absolute atomic E-state index is 0.0458. The first-order chi connectivity index (χ1) is 8.52. The summed E-state index contributed by atoms with van der Waals surface area (Å²) in [6.07, 6.45) is 0.733. The van der Waals surface area contributed by atoms with Gasteiger partial charge in [0.05, 0.1) is 5.38 Å². The molecule has 1 atom stereocenters. The molecule has 1 amide bonds. The van der Waals surface area contributed by atoms with Crippen LogP contribution in [0.3, 0.4) is 0 Å². The van der Waals surface area contributed by atoms with Gasteiger partial charge in [-0.3, -0.25) is 4.79 Å². The summed E-state index contributed by atoms with van der Waals surface area (Å²) in [6, 6.07) is 5.61. The van der Waals surface area contributed by atoms with Crippen molar-refractivity contribution >= 4 is 17.5 Å². The van der Waals surface area contributed by atoms with Crippen molar-refractivity contribution in [2.24, 2.45) is 0 Å². The Morgan fingerprint density at radius 2 is 2.22 bits per heavy atom. The number of hydrogen-bond acceptors (Lipinski definition) is 2. The minimum Gasteiger partial charge on any atom is -0.435 e. The maximum Gasteiger partial charge on any atom is 0.387 e. The summed E-state index contributed by atoms with van der Waals surface area (Å²) in [4.78, 5) is 11.7. The number of alkyl halides is 3. The van der Waals surface area contributed by atoms with Crippen molar-refractivity contribution in [3.8, 4) is 5.75 Å².